The fourth-order valence-electron chi connectivity index (χ4n) is 6.21. The average molecular weight is 778 g/mol. The number of carbonyl (C=O) groups is 1. The minimum atomic E-state index is -2.55. The Hall–Kier alpha value is -3.22. The summed E-state index contributed by atoms with van der Waals surface area (Å²) in [4.78, 5) is 21.3. The van der Waals surface area contributed by atoms with Crippen molar-refractivity contribution < 1.29 is 13.6 Å². The molecule has 3 aromatic carbocycles. The summed E-state index contributed by atoms with van der Waals surface area (Å²) >= 11 is -0.541. The van der Waals surface area contributed by atoms with Crippen molar-refractivity contribution in [2.45, 2.75) is 63.7 Å². The van der Waals surface area contributed by atoms with Crippen LogP contribution in [0.1, 0.15) is 70.3 Å². The molecule has 252 valence electrons. The summed E-state index contributed by atoms with van der Waals surface area (Å²) in [6, 6.07) is 18.7. The number of rotatable bonds is 15. The van der Waals surface area contributed by atoms with E-state index in [4.69, 9.17) is 10.1 Å². The molecule has 1 atom stereocenters. The Labute approximate surface area is 294 Å². The molecule has 48 heavy (non-hydrogen) atoms. The van der Waals surface area contributed by atoms with Crippen molar-refractivity contribution in [1.29, 1.82) is 0 Å². The molecule has 0 aliphatic heterocycles. The van der Waals surface area contributed by atoms with Crippen LogP contribution in [0, 0.1) is 17.0 Å². The van der Waals surface area contributed by atoms with Gasteiger partial charge in [-0.1, -0.05) is 6.92 Å². The predicted molar refractivity (Wildman–Crippen MR) is 199 cm³/mol. The molecule has 1 N–H and O–H groups in total. The maximum absolute atomic E-state index is 15.6. The van der Waals surface area contributed by atoms with Crippen molar-refractivity contribution in [2.24, 2.45) is 12.5 Å². The first-order valence-electron chi connectivity index (χ1n) is 16.5. The van der Waals surface area contributed by atoms with E-state index in [0.29, 0.717) is 17.2 Å². The normalized spacial score (nSPS) is 13.5. The summed E-state index contributed by atoms with van der Waals surface area (Å²) in [5.41, 5.74) is 2.72. The van der Waals surface area contributed by atoms with Crippen LogP contribution in [0.3, 0.4) is 0 Å². The number of carbonyl (C=O) groups excluding carboxylic acids is 1. The predicted octanol–water partition coefficient (Wildman–Crippen LogP) is 8.34. The molecule has 2 aromatic heterocycles. The molecule has 5 aromatic rings. The van der Waals surface area contributed by atoms with E-state index in [2.05, 4.69) is 49.7 Å². The zero-order chi connectivity index (χ0) is 34.5. The van der Waals surface area contributed by atoms with Gasteiger partial charge in [0.15, 0.2) is 0 Å². The Bertz CT molecular complexity index is 1920. The first kappa shape index (κ1) is 36.1. The number of fused-ring (bicyclic) bond motifs is 1. The van der Waals surface area contributed by atoms with Gasteiger partial charge in [-0.3, -0.25) is 4.79 Å². The van der Waals surface area contributed by atoms with Crippen molar-refractivity contribution in [3.63, 3.8) is 0 Å². The minimum absolute atomic E-state index is 0.189. The number of H-pyrrole nitrogens is 1. The van der Waals surface area contributed by atoms with E-state index >= 15 is 8.78 Å². The Balaban J connectivity index is 1.51. The van der Waals surface area contributed by atoms with Gasteiger partial charge in [-0.15, -0.1) is 0 Å². The number of hydrogen-bond donors (Lipinski definition) is 1. The molecule has 5 nitrogen and oxygen atoms in total. The van der Waals surface area contributed by atoms with Gasteiger partial charge in [0, 0.05) is 0 Å². The van der Waals surface area contributed by atoms with Crippen LogP contribution in [0.5, 0.6) is 0 Å². The first-order valence-corrected chi connectivity index (χ1v) is 22.7. The van der Waals surface area contributed by atoms with Crippen molar-refractivity contribution in [3.05, 3.63) is 102 Å². The molecule has 0 saturated carbocycles. The molecule has 0 aliphatic carbocycles. The fourth-order valence-corrected chi connectivity index (χ4v) is 12.0. The van der Waals surface area contributed by atoms with Crippen LogP contribution in [0.4, 0.5) is 8.78 Å². The van der Waals surface area contributed by atoms with Gasteiger partial charge >= 0.3 is 254 Å². The van der Waals surface area contributed by atoms with E-state index in [0.717, 1.165) is 60.4 Å². The number of aromatic amines is 1. The SMILES string of the molecule is CCCSCC(C)(C)CCCC(C)(c1cccc(/C=C/C=O)c1)c1nc(-c2c[c]([Sb]([CH3])[c]3cc4cc[nH]c4cc3F)ccc2F)n(C)n1. The van der Waals surface area contributed by atoms with Gasteiger partial charge in [-0.25, -0.2) is 0 Å². The quantitative estimate of drug-likeness (QED) is 0.0503. The molecular weight excluding hydrogens is 732 g/mol. The summed E-state index contributed by atoms with van der Waals surface area (Å²) in [6.45, 7) is 9.04. The van der Waals surface area contributed by atoms with Crippen molar-refractivity contribution in [1.82, 2.24) is 19.7 Å². The summed E-state index contributed by atoms with van der Waals surface area (Å²) in [7, 11) is 1.81. The molecule has 2 heterocycles. The molecule has 0 saturated heterocycles. The second-order valence-corrected chi connectivity index (χ2v) is 20.6. The number of aldehydes is 1. The molecule has 0 spiro atoms. The first-order chi connectivity index (χ1) is 23.0. The second kappa shape index (κ2) is 15.5. The number of thioether (sulfide) groups is 1. The summed E-state index contributed by atoms with van der Waals surface area (Å²) < 4.78 is 34.2. The van der Waals surface area contributed by atoms with Crippen LogP contribution in [-0.4, -0.2) is 57.8 Å². The third-order valence-electron chi connectivity index (χ3n) is 9.08. The number of aromatic nitrogens is 4. The van der Waals surface area contributed by atoms with E-state index in [1.54, 1.807) is 29.9 Å². The van der Waals surface area contributed by atoms with Crippen LogP contribution in [0.25, 0.3) is 28.4 Å². The van der Waals surface area contributed by atoms with Gasteiger partial charge in [0.2, 0.25) is 0 Å². The summed E-state index contributed by atoms with van der Waals surface area (Å²) in [5.74, 6) is 2.73. The zero-order valence-corrected chi connectivity index (χ0v) is 32.1. The second-order valence-electron chi connectivity index (χ2n) is 13.5. The molecule has 1 unspecified atom stereocenters. The van der Waals surface area contributed by atoms with Crippen LogP contribution in [0.2, 0.25) is 4.87 Å². The van der Waals surface area contributed by atoms with Crippen LogP contribution in [-0.2, 0) is 17.3 Å². The van der Waals surface area contributed by atoms with Gasteiger partial charge in [0.25, 0.3) is 0 Å². The van der Waals surface area contributed by atoms with Crippen LogP contribution >= 0.6 is 11.8 Å². The molecule has 5 rings (SSSR count). The van der Waals surface area contributed by atoms with Crippen LogP contribution in [0.15, 0.2) is 72.9 Å². The standard InChI is InChI=1S/C30H37FN3OS.C8H5FN.CH3.Sb/c1-6-20-36-22-29(2,3)17-11-18-30(4,24-14-9-12-23(21-24)13-10-19-35)28-32-27(34(5)33-28)25-15-7-8-16-26(25)31;9-7-2-1-6-3-4-10-8(6)5-7;;/h8-10,12-16,19,21H,6,11,17-18,20,22H2,1-5H3;1,3-5,10H;1H3;/b13-10+;;;. The number of allylic oxidation sites excluding steroid dienone is 1. The van der Waals surface area contributed by atoms with E-state index in [1.165, 1.54) is 24.3 Å². The number of hydrogen-bond acceptors (Lipinski definition) is 4. The molecule has 0 bridgehead atoms. The third kappa shape index (κ3) is 8.14. The maximum atomic E-state index is 15.6. The van der Waals surface area contributed by atoms with Gasteiger partial charge in [0.05, 0.1) is 0 Å². The number of aryl methyl sites for hydroxylation is 1. The number of benzene rings is 3. The van der Waals surface area contributed by atoms with Gasteiger partial charge in [0.1, 0.15) is 6.29 Å². The fraction of sp³-hybridized carbons (Fsp3) is 0.359. The Morgan fingerprint density at radius 1 is 1.02 bits per heavy atom. The van der Waals surface area contributed by atoms with E-state index < -0.39 is 25.6 Å². The average Bonchev–Trinajstić information content (AvgIpc) is 3.69. The molecular formula is C39H45F2N4OSSb. The van der Waals surface area contributed by atoms with Gasteiger partial charge in [-0.05, 0) is 12.2 Å². The van der Waals surface area contributed by atoms with E-state index in [-0.39, 0.29) is 17.0 Å². The molecule has 0 radical (unpaired) electrons. The Morgan fingerprint density at radius 2 is 1.83 bits per heavy atom. The molecule has 0 amide bonds. The van der Waals surface area contributed by atoms with Crippen LogP contribution < -0.4 is 7.02 Å². The molecule has 0 aliphatic rings. The Morgan fingerprint density at radius 3 is 2.60 bits per heavy atom. The number of nitrogens with zero attached hydrogens (tertiary/aromatic N) is 3. The van der Waals surface area contributed by atoms with Crippen molar-refractivity contribution in [2.75, 3.05) is 11.5 Å². The Kier molecular flexibility index (Phi) is 11.7. The van der Waals surface area contributed by atoms with Crippen molar-refractivity contribution in [3.8, 4) is 11.4 Å². The monoisotopic (exact) mass is 776 g/mol. The van der Waals surface area contributed by atoms with Gasteiger partial charge in [-0.2, -0.15) is 11.8 Å². The number of nitrogens with one attached hydrogen (secondary N) is 1. The van der Waals surface area contributed by atoms with Crippen molar-refractivity contribution >= 4 is 62.3 Å². The zero-order valence-electron chi connectivity index (χ0n) is 28.7. The van der Waals surface area contributed by atoms with E-state index in [1.807, 2.05) is 48.3 Å². The van der Waals surface area contributed by atoms with E-state index in [9.17, 15) is 4.79 Å². The molecule has 0 fully saturated rings. The third-order valence-corrected chi connectivity index (χ3v) is 16.8. The topological polar surface area (TPSA) is 63.6 Å². The summed E-state index contributed by atoms with van der Waals surface area (Å²) in [5, 5.41) is 5.90. The summed E-state index contributed by atoms with van der Waals surface area (Å²) in [6.07, 6.45) is 9.87. The van der Waals surface area contributed by atoms with Gasteiger partial charge < -0.3 is 0 Å². The molecule has 9 heteroatoms. The number of halogens is 2.